The molecule has 1 aromatic rings. The Labute approximate surface area is 115 Å². The summed E-state index contributed by atoms with van der Waals surface area (Å²) in [5, 5.41) is 12.5. The summed E-state index contributed by atoms with van der Waals surface area (Å²) in [4.78, 5) is 12.4. The smallest absolute Gasteiger partial charge is 0.232 e. The number of aliphatic hydroxyl groups excluding tert-OH is 1. The number of hydrogen-bond donors (Lipinski definition) is 2. The molecule has 2 N–H and O–H groups in total. The molecule has 1 aliphatic rings. The molecule has 0 aliphatic heterocycles. The summed E-state index contributed by atoms with van der Waals surface area (Å²) in [6, 6.07) is 7.89. The molecule has 1 amide bonds. The van der Waals surface area contributed by atoms with E-state index in [-0.39, 0.29) is 17.9 Å². The molecule has 3 heteroatoms. The molecular weight excluding hydrogens is 238 g/mol. The minimum absolute atomic E-state index is 0.0180. The number of amides is 1. The number of rotatable bonds is 3. The van der Waals surface area contributed by atoms with Crippen molar-refractivity contribution in [2.75, 3.05) is 11.9 Å². The quantitative estimate of drug-likeness (QED) is 0.878. The third-order valence-corrected chi connectivity index (χ3v) is 4.08. The molecule has 1 aliphatic carbocycles. The topological polar surface area (TPSA) is 49.3 Å². The van der Waals surface area contributed by atoms with E-state index in [2.05, 4.69) is 26.1 Å². The van der Waals surface area contributed by atoms with E-state index in [4.69, 9.17) is 0 Å². The van der Waals surface area contributed by atoms with Crippen LogP contribution in [0.15, 0.2) is 24.3 Å². The van der Waals surface area contributed by atoms with Crippen molar-refractivity contribution in [1.82, 2.24) is 0 Å². The minimum Gasteiger partial charge on any atom is -0.395 e. The molecule has 0 unspecified atom stereocenters. The van der Waals surface area contributed by atoms with E-state index < -0.39 is 5.41 Å². The predicted octanol–water partition coefficient (Wildman–Crippen LogP) is 3.09. The van der Waals surface area contributed by atoms with E-state index in [9.17, 15) is 9.90 Å². The molecule has 0 radical (unpaired) electrons. The Kier molecular flexibility index (Phi) is 3.68. The van der Waals surface area contributed by atoms with E-state index in [1.165, 1.54) is 0 Å². The van der Waals surface area contributed by atoms with Crippen LogP contribution in [0.25, 0.3) is 0 Å². The Balaban J connectivity index is 2.22. The van der Waals surface area contributed by atoms with Crippen LogP contribution >= 0.6 is 0 Å². The van der Waals surface area contributed by atoms with Gasteiger partial charge in [0.25, 0.3) is 0 Å². The second-order valence-electron chi connectivity index (χ2n) is 6.54. The van der Waals surface area contributed by atoms with Gasteiger partial charge >= 0.3 is 0 Å². The van der Waals surface area contributed by atoms with Gasteiger partial charge in [0.1, 0.15) is 0 Å². The summed E-state index contributed by atoms with van der Waals surface area (Å²) >= 11 is 0. The highest BCUT2D eigenvalue weighted by Crippen LogP contribution is 2.42. The van der Waals surface area contributed by atoms with E-state index in [1.807, 2.05) is 24.3 Å². The van der Waals surface area contributed by atoms with Crippen LogP contribution in [0.2, 0.25) is 0 Å². The molecular formula is C16H23NO2. The summed E-state index contributed by atoms with van der Waals surface area (Å²) in [5.41, 5.74) is 1.41. The zero-order chi connectivity index (χ0) is 14.1. The summed E-state index contributed by atoms with van der Waals surface area (Å²) in [6.45, 7) is 6.33. The normalized spacial score (nSPS) is 17.7. The Hall–Kier alpha value is -1.35. The van der Waals surface area contributed by atoms with Crippen LogP contribution in [0.4, 0.5) is 5.69 Å². The van der Waals surface area contributed by atoms with E-state index >= 15 is 0 Å². The van der Waals surface area contributed by atoms with Gasteiger partial charge in [0.15, 0.2) is 0 Å². The van der Waals surface area contributed by atoms with Crippen LogP contribution in [0.5, 0.6) is 0 Å². The summed E-state index contributed by atoms with van der Waals surface area (Å²) in [7, 11) is 0. The zero-order valence-electron chi connectivity index (χ0n) is 12.0. The lowest BCUT2D eigenvalue weighted by molar-refractivity contribution is -0.133. The number of carbonyl (C=O) groups excluding carboxylic acids is 1. The highest BCUT2D eigenvalue weighted by Gasteiger charge is 2.43. The van der Waals surface area contributed by atoms with Crippen molar-refractivity contribution in [3.63, 3.8) is 0 Å². The summed E-state index contributed by atoms with van der Waals surface area (Å²) < 4.78 is 0. The highest BCUT2D eigenvalue weighted by atomic mass is 16.3. The molecule has 0 aromatic heterocycles. The predicted molar refractivity (Wildman–Crippen MR) is 77.1 cm³/mol. The van der Waals surface area contributed by atoms with Crippen molar-refractivity contribution in [1.29, 1.82) is 0 Å². The molecule has 0 spiro atoms. The van der Waals surface area contributed by atoms with Gasteiger partial charge in [0.2, 0.25) is 5.91 Å². The first-order chi connectivity index (χ1) is 8.89. The molecule has 1 aromatic carbocycles. The maximum atomic E-state index is 12.4. The van der Waals surface area contributed by atoms with E-state index in [0.717, 1.165) is 30.5 Å². The standard InChI is InChI=1S/C16H23NO2/c1-15(2,3)12-7-4-5-8-13(12)17-14(19)16(11-18)9-6-10-16/h4-5,7-8,18H,6,9-11H2,1-3H3,(H,17,19). The number of anilines is 1. The van der Waals surface area contributed by atoms with E-state index in [1.54, 1.807) is 0 Å². The monoisotopic (exact) mass is 261 g/mol. The third kappa shape index (κ3) is 2.66. The van der Waals surface area contributed by atoms with Gasteiger partial charge in [-0.25, -0.2) is 0 Å². The molecule has 104 valence electrons. The molecule has 0 atom stereocenters. The summed E-state index contributed by atoms with van der Waals surface area (Å²) in [6.07, 6.45) is 2.59. The van der Waals surface area contributed by atoms with Crippen molar-refractivity contribution in [3.05, 3.63) is 29.8 Å². The van der Waals surface area contributed by atoms with Gasteiger partial charge in [-0.2, -0.15) is 0 Å². The van der Waals surface area contributed by atoms with Crippen molar-refractivity contribution >= 4 is 11.6 Å². The number of carbonyl (C=O) groups is 1. The summed E-state index contributed by atoms with van der Waals surface area (Å²) in [5.74, 6) is -0.0436. The van der Waals surface area contributed by atoms with Gasteiger partial charge in [-0.1, -0.05) is 45.4 Å². The fraction of sp³-hybridized carbons (Fsp3) is 0.562. The Bertz CT molecular complexity index is 464. The fourth-order valence-electron chi connectivity index (χ4n) is 2.56. The van der Waals surface area contributed by atoms with Crippen molar-refractivity contribution < 1.29 is 9.90 Å². The van der Waals surface area contributed by atoms with Crippen LogP contribution in [0.3, 0.4) is 0 Å². The molecule has 19 heavy (non-hydrogen) atoms. The van der Waals surface area contributed by atoms with Crippen molar-refractivity contribution in [3.8, 4) is 0 Å². The van der Waals surface area contributed by atoms with Crippen LogP contribution < -0.4 is 5.32 Å². The Morgan fingerprint density at radius 3 is 2.42 bits per heavy atom. The van der Waals surface area contributed by atoms with Gasteiger partial charge in [-0.05, 0) is 29.9 Å². The molecule has 0 heterocycles. The first-order valence-electron chi connectivity index (χ1n) is 6.91. The van der Waals surface area contributed by atoms with Gasteiger partial charge in [0, 0.05) is 5.69 Å². The van der Waals surface area contributed by atoms with Gasteiger partial charge < -0.3 is 10.4 Å². The van der Waals surface area contributed by atoms with E-state index in [0.29, 0.717) is 0 Å². The largest absolute Gasteiger partial charge is 0.395 e. The number of para-hydroxylation sites is 1. The molecule has 0 saturated heterocycles. The van der Waals surface area contributed by atoms with Crippen molar-refractivity contribution in [2.45, 2.75) is 45.4 Å². The highest BCUT2D eigenvalue weighted by molar-refractivity contribution is 5.96. The van der Waals surface area contributed by atoms with Gasteiger partial charge in [-0.15, -0.1) is 0 Å². The molecule has 2 rings (SSSR count). The first-order valence-corrected chi connectivity index (χ1v) is 6.91. The average molecular weight is 261 g/mol. The van der Waals surface area contributed by atoms with Crippen LogP contribution in [-0.2, 0) is 10.2 Å². The fourth-order valence-corrected chi connectivity index (χ4v) is 2.56. The third-order valence-electron chi connectivity index (χ3n) is 4.08. The molecule has 3 nitrogen and oxygen atoms in total. The van der Waals surface area contributed by atoms with Crippen LogP contribution in [0.1, 0.15) is 45.6 Å². The Morgan fingerprint density at radius 2 is 1.95 bits per heavy atom. The van der Waals surface area contributed by atoms with Gasteiger partial charge in [-0.3, -0.25) is 4.79 Å². The molecule has 1 fully saturated rings. The SMILES string of the molecule is CC(C)(C)c1ccccc1NC(=O)C1(CO)CCC1. The Morgan fingerprint density at radius 1 is 1.32 bits per heavy atom. The molecule has 1 saturated carbocycles. The lowest BCUT2D eigenvalue weighted by Crippen LogP contribution is -2.45. The maximum absolute atomic E-state index is 12.4. The lowest BCUT2D eigenvalue weighted by atomic mass is 9.68. The number of nitrogens with one attached hydrogen (secondary N) is 1. The van der Waals surface area contributed by atoms with Crippen molar-refractivity contribution in [2.24, 2.45) is 5.41 Å². The first kappa shape index (κ1) is 14.1. The lowest BCUT2D eigenvalue weighted by Gasteiger charge is -2.38. The zero-order valence-corrected chi connectivity index (χ0v) is 12.0. The maximum Gasteiger partial charge on any atom is 0.232 e. The molecule has 0 bridgehead atoms. The number of hydrogen-bond acceptors (Lipinski definition) is 2. The van der Waals surface area contributed by atoms with Crippen LogP contribution in [0, 0.1) is 5.41 Å². The second kappa shape index (κ2) is 4.97. The number of aliphatic hydroxyl groups is 1. The second-order valence-corrected chi connectivity index (χ2v) is 6.54. The van der Waals surface area contributed by atoms with Gasteiger partial charge in [0.05, 0.1) is 12.0 Å². The minimum atomic E-state index is -0.551. The average Bonchev–Trinajstić information content (AvgIpc) is 2.27. The van der Waals surface area contributed by atoms with Crippen LogP contribution in [-0.4, -0.2) is 17.6 Å². The number of benzene rings is 1.